The predicted molar refractivity (Wildman–Crippen MR) is 122 cm³/mol. The number of aryl methyl sites for hydroxylation is 1. The third kappa shape index (κ3) is 4.51. The van der Waals surface area contributed by atoms with Gasteiger partial charge in [0.2, 0.25) is 0 Å². The van der Waals surface area contributed by atoms with Crippen LogP contribution in [0.15, 0.2) is 48.5 Å². The quantitative estimate of drug-likeness (QED) is 0.322. The maximum atomic E-state index is 12.8. The standard InChI is InChI=1S/C21H17ClN6O3S/c1-12-18(10-14-6-8-16(9-7-14)28(30)31)32-21(23-12)24-20(29)19-13(2)27(26-25-19)17-5-3-4-15(22)11-17/h3-9,11H,10H2,1-2H3,(H,23,24,29). The molecular weight excluding hydrogens is 452 g/mol. The Bertz CT molecular complexity index is 1320. The Labute approximate surface area is 191 Å². The summed E-state index contributed by atoms with van der Waals surface area (Å²) >= 11 is 7.39. The second kappa shape index (κ2) is 8.85. The lowest BCUT2D eigenvalue weighted by Crippen LogP contribution is -2.14. The fourth-order valence-electron chi connectivity index (χ4n) is 3.11. The highest BCUT2D eigenvalue weighted by atomic mass is 35.5. The van der Waals surface area contributed by atoms with Crippen LogP contribution in [0.1, 0.15) is 32.3 Å². The Morgan fingerprint density at radius 1 is 1.22 bits per heavy atom. The summed E-state index contributed by atoms with van der Waals surface area (Å²) < 4.78 is 1.55. The van der Waals surface area contributed by atoms with Gasteiger partial charge in [-0.15, -0.1) is 16.4 Å². The molecule has 0 fully saturated rings. The number of nitrogens with zero attached hydrogens (tertiary/aromatic N) is 5. The number of aromatic nitrogens is 4. The molecule has 2 aromatic carbocycles. The van der Waals surface area contributed by atoms with Gasteiger partial charge < -0.3 is 0 Å². The van der Waals surface area contributed by atoms with Crippen LogP contribution in [0, 0.1) is 24.0 Å². The molecule has 0 aliphatic carbocycles. The molecule has 0 aliphatic rings. The van der Waals surface area contributed by atoms with E-state index in [0.29, 0.717) is 28.0 Å². The van der Waals surface area contributed by atoms with Gasteiger partial charge in [0.25, 0.3) is 11.6 Å². The normalized spacial score (nSPS) is 10.8. The first kappa shape index (κ1) is 21.6. The van der Waals surface area contributed by atoms with Crippen LogP contribution in [-0.4, -0.2) is 30.8 Å². The van der Waals surface area contributed by atoms with E-state index in [1.165, 1.54) is 23.5 Å². The third-order valence-electron chi connectivity index (χ3n) is 4.79. The molecule has 9 nitrogen and oxygen atoms in total. The predicted octanol–water partition coefficient (Wildman–Crippen LogP) is 4.75. The molecule has 4 aromatic rings. The van der Waals surface area contributed by atoms with Crippen LogP contribution in [0.2, 0.25) is 5.02 Å². The van der Waals surface area contributed by atoms with Gasteiger partial charge in [0.1, 0.15) is 0 Å². The van der Waals surface area contributed by atoms with E-state index < -0.39 is 10.8 Å². The first-order valence-corrected chi connectivity index (χ1v) is 10.7. The van der Waals surface area contributed by atoms with Crippen molar-refractivity contribution >= 4 is 39.7 Å². The van der Waals surface area contributed by atoms with E-state index >= 15 is 0 Å². The minimum absolute atomic E-state index is 0.0453. The molecule has 0 unspecified atom stereocenters. The number of amides is 1. The summed E-state index contributed by atoms with van der Waals surface area (Å²) in [6.45, 7) is 3.61. The van der Waals surface area contributed by atoms with Crippen LogP contribution >= 0.6 is 22.9 Å². The lowest BCUT2D eigenvalue weighted by Gasteiger charge is -2.04. The lowest BCUT2D eigenvalue weighted by molar-refractivity contribution is -0.384. The van der Waals surface area contributed by atoms with Crippen molar-refractivity contribution in [1.29, 1.82) is 0 Å². The number of nitrogens with one attached hydrogen (secondary N) is 1. The van der Waals surface area contributed by atoms with Gasteiger partial charge in [0, 0.05) is 28.5 Å². The highest BCUT2D eigenvalue weighted by molar-refractivity contribution is 7.15. The number of rotatable bonds is 6. The molecular formula is C21H17ClN6O3S. The van der Waals surface area contributed by atoms with Gasteiger partial charge in [-0.25, -0.2) is 9.67 Å². The van der Waals surface area contributed by atoms with Crippen LogP contribution in [0.5, 0.6) is 0 Å². The molecule has 1 amide bonds. The molecule has 32 heavy (non-hydrogen) atoms. The highest BCUT2D eigenvalue weighted by Gasteiger charge is 2.19. The Kier molecular flexibility index (Phi) is 5.97. The average molecular weight is 469 g/mol. The molecule has 162 valence electrons. The van der Waals surface area contributed by atoms with Gasteiger partial charge >= 0.3 is 0 Å². The number of carbonyl (C=O) groups excluding carboxylic acids is 1. The monoisotopic (exact) mass is 468 g/mol. The zero-order valence-electron chi connectivity index (χ0n) is 17.1. The molecule has 0 spiro atoms. The maximum absolute atomic E-state index is 12.8. The largest absolute Gasteiger partial charge is 0.296 e. The van der Waals surface area contributed by atoms with E-state index in [1.807, 2.05) is 13.0 Å². The van der Waals surface area contributed by atoms with Crippen LogP contribution in [0.3, 0.4) is 0 Å². The number of anilines is 1. The Morgan fingerprint density at radius 2 is 1.97 bits per heavy atom. The molecule has 0 saturated heterocycles. The van der Waals surface area contributed by atoms with Gasteiger partial charge in [-0.2, -0.15) is 0 Å². The van der Waals surface area contributed by atoms with E-state index in [2.05, 4.69) is 20.6 Å². The molecule has 0 radical (unpaired) electrons. The van der Waals surface area contributed by atoms with Crippen molar-refractivity contribution in [2.75, 3.05) is 5.32 Å². The van der Waals surface area contributed by atoms with Crippen molar-refractivity contribution in [2.24, 2.45) is 0 Å². The van der Waals surface area contributed by atoms with Gasteiger partial charge in [-0.3, -0.25) is 20.2 Å². The zero-order valence-corrected chi connectivity index (χ0v) is 18.6. The fourth-order valence-corrected chi connectivity index (χ4v) is 4.29. The second-order valence-electron chi connectivity index (χ2n) is 7.00. The molecule has 0 aliphatic heterocycles. The van der Waals surface area contributed by atoms with Crippen LogP contribution < -0.4 is 5.32 Å². The number of carbonyl (C=O) groups is 1. The summed E-state index contributed by atoms with van der Waals surface area (Å²) in [6, 6.07) is 13.5. The van der Waals surface area contributed by atoms with Crippen molar-refractivity contribution in [3.05, 3.63) is 91.2 Å². The summed E-state index contributed by atoms with van der Waals surface area (Å²) in [4.78, 5) is 28.5. The van der Waals surface area contributed by atoms with Crippen LogP contribution in [0.25, 0.3) is 5.69 Å². The zero-order chi connectivity index (χ0) is 22.8. The Balaban J connectivity index is 1.49. The summed E-state index contributed by atoms with van der Waals surface area (Å²) in [5, 5.41) is 22.7. The van der Waals surface area contributed by atoms with Crippen molar-refractivity contribution < 1.29 is 9.72 Å². The third-order valence-corrected chi connectivity index (χ3v) is 6.10. The molecule has 2 aromatic heterocycles. The van der Waals surface area contributed by atoms with Crippen molar-refractivity contribution in [1.82, 2.24) is 20.0 Å². The van der Waals surface area contributed by atoms with Crippen molar-refractivity contribution in [3.63, 3.8) is 0 Å². The van der Waals surface area contributed by atoms with Crippen molar-refractivity contribution in [2.45, 2.75) is 20.3 Å². The minimum atomic E-state index is -0.431. The second-order valence-corrected chi connectivity index (χ2v) is 8.52. The minimum Gasteiger partial charge on any atom is -0.296 e. The summed E-state index contributed by atoms with van der Waals surface area (Å²) in [7, 11) is 0. The summed E-state index contributed by atoms with van der Waals surface area (Å²) in [5.74, 6) is -0.411. The first-order chi connectivity index (χ1) is 15.3. The fraction of sp³-hybridized carbons (Fsp3) is 0.143. The van der Waals surface area contributed by atoms with E-state index in [9.17, 15) is 14.9 Å². The lowest BCUT2D eigenvalue weighted by atomic mass is 10.1. The SMILES string of the molecule is Cc1nc(NC(=O)c2nnn(-c3cccc(Cl)c3)c2C)sc1Cc1ccc([N+](=O)[O-])cc1. The number of nitro benzene ring substituents is 1. The smallest absolute Gasteiger partial charge is 0.279 e. The van der Waals surface area contributed by atoms with Gasteiger partial charge in [-0.05, 0) is 37.6 Å². The summed E-state index contributed by atoms with van der Waals surface area (Å²) in [6.07, 6.45) is 0.557. The number of benzene rings is 2. The van der Waals surface area contributed by atoms with Gasteiger partial charge in [-0.1, -0.05) is 35.0 Å². The number of hydrogen-bond donors (Lipinski definition) is 1. The highest BCUT2D eigenvalue weighted by Crippen LogP contribution is 2.26. The molecule has 0 atom stereocenters. The van der Waals surface area contributed by atoms with Crippen molar-refractivity contribution in [3.8, 4) is 5.69 Å². The first-order valence-electron chi connectivity index (χ1n) is 9.51. The molecule has 11 heteroatoms. The molecule has 4 rings (SSSR count). The number of halogens is 1. The van der Waals surface area contributed by atoms with Gasteiger partial charge in [0.05, 0.1) is 22.0 Å². The van der Waals surface area contributed by atoms with E-state index in [4.69, 9.17) is 11.6 Å². The number of nitro groups is 1. The van der Waals surface area contributed by atoms with E-state index in [-0.39, 0.29) is 11.4 Å². The molecule has 0 bridgehead atoms. The van der Waals surface area contributed by atoms with Gasteiger partial charge in [0.15, 0.2) is 10.8 Å². The van der Waals surface area contributed by atoms with Crippen LogP contribution in [0.4, 0.5) is 10.8 Å². The maximum Gasteiger partial charge on any atom is 0.279 e. The molecule has 2 heterocycles. The summed E-state index contributed by atoms with van der Waals surface area (Å²) in [5.41, 5.74) is 3.21. The molecule has 0 saturated carbocycles. The average Bonchev–Trinajstić information content (AvgIpc) is 3.30. The van der Waals surface area contributed by atoms with E-state index in [0.717, 1.165) is 16.1 Å². The number of thiazole rings is 1. The number of non-ortho nitro benzene ring substituents is 1. The van der Waals surface area contributed by atoms with Crippen LogP contribution in [-0.2, 0) is 6.42 Å². The number of hydrogen-bond acceptors (Lipinski definition) is 7. The Morgan fingerprint density at radius 3 is 2.66 bits per heavy atom. The topological polar surface area (TPSA) is 116 Å². The molecule has 1 N–H and O–H groups in total. The Hall–Kier alpha value is -3.63. The van der Waals surface area contributed by atoms with E-state index in [1.54, 1.807) is 41.9 Å².